The Hall–Kier alpha value is -1.44. The molecule has 0 aliphatic rings. The number of halogens is 1. The molecule has 3 rings (SSSR count). The van der Waals surface area contributed by atoms with Gasteiger partial charge in [0.1, 0.15) is 16.2 Å². The fourth-order valence-electron chi connectivity index (χ4n) is 2.18. The molecule has 0 saturated heterocycles. The summed E-state index contributed by atoms with van der Waals surface area (Å²) < 4.78 is 6.17. The van der Waals surface area contributed by atoms with Crippen molar-refractivity contribution in [2.45, 2.75) is 18.4 Å². The first kappa shape index (κ1) is 17.4. The van der Waals surface area contributed by atoms with E-state index < -0.39 is 0 Å². The monoisotopic (exact) mass is 422 g/mol. The van der Waals surface area contributed by atoms with Crippen LogP contribution < -0.4 is 0 Å². The number of fused-ring (bicyclic) bond motifs is 1. The first-order valence-electron chi connectivity index (χ1n) is 7.45. The lowest BCUT2D eigenvalue weighted by Gasteiger charge is -2.06. The Labute approximate surface area is 156 Å². The van der Waals surface area contributed by atoms with Gasteiger partial charge in [-0.25, -0.2) is 9.97 Å². The Morgan fingerprint density at radius 2 is 2.08 bits per heavy atom. The molecular formula is C17H15BrN2O2S2. The molecule has 0 atom stereocenters. The summed E-state index contributed by atoms with van der Waals surface area (Å²) in [4.78, 5) is 21.4. The van der Waals surface area contributed by atoms with Gasteiger partial charge in [-0.05, 0) is 24.1 Å². The van der Waals surface area contributed by atoms with Crippen molar-refractivity contribution < 1.29 is 9.53 Å². The highest BCUT2D eigenvalue weighted by molar-refractivity contribution is 9.10. The van der Waals surface area contributed by atoms with Gasteiger partial charge in [-0.15, -0.1) is 11.3 Å². The van der Waals surface area contributed by atoms with E-state index >= 15 is 0 Å². The highest BCUT2D eigenvalue weighted by Gasteiger charge is 2.15. The van der Waals surface area contributed by atoms with E-state index in [1.807, 2.05) is 19.1 Å². The van der Waals surface area contributed by atoms with Crippen molar-refractivity contribution in [1.29, 1.82) is 0 Å². The average molecular weight is 423 g/mol. The van der Waals surface area contributed by atoms with Gasteiger partial charge < -0.3 is 4.74 Å². The maximum atomic E-state index is 11.8. The summed E-state index contributed by atoms with van der Waals surface area (Å²) in [6, 6.07) is 8.14. The summed E-state index contributed by atoms with van der Waals surface area (Å²) in [5.41, 5.74) is 2.20. The second kappa shape index (κ2) is 8.09. The Morgan fingerprint density at radius 1 is 1.29 bits per heavy atom. The van der Waals surface area contributed by atoms with Gasteiger partial charge in [-0.3, -0.25) is 4.79 Å². The third-order valence-electron chi connectivity index (χ3n) is 3.28. The molecule has 7 heteroatoms. The topological polar surface area (TPSA) is 52.1 Å². The first-order chi connectivity index (χ1) is 11.7. The average Bonchev–Trinajstić information content (AvgIpc) is 3.03. The number of hydrogen-bond donors (Lipinski definition) is 0. The number of rotatable bonds is 6. The highest BCUT2D eigenvalue weighted by Crippen LogP contribution is 2.38. The molecular weight excluding hydrogens is 408 g/mol. The smallest absolute Gasteiger partial charge is 0.316 e. The molecule has 4 nitrogen and oxygen atoms in total. The van der Waals surface area contributed by atoms with E-state index in [1.165, 1.54) is 11.8 Å². The number of carbonyl (C=O) groups is 1. The number of esters is 1. The molecule has 0 amide bonds. The maximum Gasteiger partial charge on any atom is 0.316 e. The van der Waals surface area contributed by atoms with Crippen molar-refractivity contribution in [3.63, 3.8) is 0 Å². The van der Waals surface area contributed by atoms with Crippen LogP contribution in [0.15, 0.2) is 45.5 Å². The minimum atomic E-state index is -0.214. The zero-order valence-corrected chi connectivity index (χ0v) is 16.2. The van der Waals surface area contributed by atoms with E-state index in [-0.39, 0.29) is 11.7 Å². The number of thioether (sulfide) groups is 1. The van der Waals surface area contributed by atoms with Crippen LogP contribution in [0.4, 0.5) is 0 Å². The number of hydrogen-bond acceptors (Lipinski definition) is 6. The van der Waals surface area contributed by atoms with Gasteiger partial charge in [0.05, 0.1) is 17.7 Å². The van der Waals surface area contributed by atoms with Crippen LogP contribution >= 0.6 is 39.0 Å². The van der Waals surface area contributed by atoms with Crippen molar-refractivity contribution in [2.24, 2.45) is 0 Å². The lowest BCUT2D eigenvalue weighted by Crippen LogP contribution is -2.08. The van der Waals surface area contributed by atoms with Crippen LogP contribution in [0.2, 0.25) is 0 Å². The number of nitrogens with zero attached hydrogens (tertiary/aromatic N) is 2. The fourth-order valence-corrected chi connectivity index (χ4v) is 4.24. The van der Waals surface area contributed by atoms with Gasteiger partial charge in [0, 0.05) is 15.4 Å². The first-order valence-corrected chi connectivity index (χ1v) is 10.1. The van der Waals surface area contributed by atoms with Crippen molar-refractivity contribution >= 4 is 55.2 Å². The van der Waals surface area contributed by atoms with Crippen LogP contribution in [0, 0.1) is 0 Å². The molecule has 0 fully saturated rings. The lowest BCUT2D eigenvalue weighted by molar-refractivity contribution is -0.140. The van der Waals surface area contributed by atoms with E-state index in [2.05, 4.69) is 43.4 Å². The molecule has 0 radical (unpaired) electrons. The van der Waals surface area contributed by atoms with E-state index in [9.17, 15) is 4.79 Å². The molecule has 3 aromatic rings. The lowest BCUT2D eigenvalue weighted by atomic mass is 10.1. The summed E-state index contributed by atoms with van der Waals surface area (Å²) in [6.07, 6.45) is 2.37. The maximum absolute atomic E-state index is 11.8. The highest BCUT2D eigenvalue weighted by atomic mass is 79.9. The van der Waals surface area contributed by atoms with E-state index in [1.54, 1.807) is 17.7 Å². The van der Waals surface area contributed by atoms with E-state index in [0.29, 0.717) is 6.61 Å². The standard InChI is InChI=1S/C17H15BrN2O2S2/c1-2-7-22-14(21)9-24-17-15-13(8-23-16(15)19-10-20-17)11-3-5-12(18)6-4-11/h3-6,8,10H,2,7,9H2,1H3. The third kappa shape index (κ3) is 3.96. The van der Waals surface area contributed by atoms with Crippen LogP contribution in [-0.4, -0.2) is 28.3 Å². The van der Waals surface area contributed by atoms with Crippen molar-refractivity contribution in [3.05, 3.63) is 40.4 Å². The molecule has 0 bridgehead atoms. The second-order valence-electron chi connectivity index (χ2n) is 5.02. The van der Waals surface area contributed by atoms with Gasteiger partial charge >= 0.3 is 5.97 Å². The van der Waals surface area contributed by atoms with Gasteiger partial charge in [0.15, 0.2) is 0 Å². The summed E-state index contributed by atoms with van der Waals surface area (Å²) in [6.45, 7) is 2.44. The molecule has 124 valence electrons. The molecule has 0 aliphatic carbocycles. The quantitative estimate of drug-likeness (QED) is 0.311. The number of thiophene rings is 1. The summed E-state index contributed by atoms with van der Waals surface area (Å²) in [5.74, 6) is 0.0379. The molecule has 1 aromatic carbocycles. The number of carbonyl (C=O) groups excluding carboxylic acids is 1. The van der Waals surface area contributed by atoms with Crippen LogP contribution in [0.25, 0.3) is 21.3 Å². The van der Waals surface area contributed by atoms with Gasteiger partial charge in [0.25, 0.3) is 0 Å². The normalized spacial score (nSPS) is 10.9. The summed E-state index contributed by atoms with van der Waals surface area (Å²) in [7, 11) is 0. The van der Waals surface area contributed by atoms with Crippen molar-refractivity contribution in [1.82, 2.24) is 9.97 Å². The summed E-state index contributed by atoms with van der Waals surface area (Å²) in [5, 5.41) is 3.90. The van der Waals surface area contributed by atoms with E-state index in [4.69, 9.17) is 4.74 Å². The zero-order valence-electron chi connectivity index (χ0n) is 13.0. The SMILES string of the molecule is CCCOC(=O)CSc1ncnc2scc(-c3ccc(Br)cc3)c12. The Bertz CT molecular complexity index is 849. The van der Waals surface area contributed by atoms with Crippen LogP contribution in [0.5, 0.6) is 0 Å². The number of benzene rings is 1. The molecule has 2 aromatic heterocycles. The van der Waals surface area contributed by atoms with Crippen LogP contribution in [0.1, 0.15) is 13.3 Å². The number of ether oxygens (including phenoxy) is 1. The van der Waals surface area contributed by atoms with Gasteiger partial charge in [-0.2, -0.15) is 0 Å². The Morgan fingerprint density at radius 3 is 2.83 bits per heavy atom. The Kier molecular flexibility index (Phi) is 5.86. The van der Waals surface area contributed by atoms with Crippen LogP contribution in [0.3, 0.4) is 0 Å². The molecule has 0 saturated carbocycles. The third-order valence-corrected chi connectivity index (χ3v) is 5.66. The van der Waals surface area contributed by atoms with Crippen molar-refractivity contribution in [3.8, 4) is 11.1 Å². The van der Waals surface area contributed by atoms with Gasteiger partial charge in [0.2, 0.25) is 0 Å². The molecule has 0 spiro atoms. The Balaban J connectivity index is 1.90. The van der Waals surface area contributed by atoms with Crippen LogP contribution in [-0.2, 0) is 9.53 Å². The van der Waals surface area contributed by atoms with Gasteiger partial charge in [-0.1, -0.05) is 46.7 Å². The summed E-state index contributed by atoms with van der Waals surface area (Å²) >= 11 is 6.44. The largest absolute Gasteiger partial charge is 0.465 e. The predicted octanol–water partition coefficient (Wildman–Crippen LogP) is 5.17. The number of aromatic nitrogens is 2. The molecule has 24 heavy (non-hydrogen) atoms. The second-order valence-corrected chi connectivity index (χ2v) is 7.76. The van der Waals surface area contributed by atoms with Crippen molar-refractivity contribution in [2.75, 3.05) is 12.4 Å². The fraction of sp³-hybridized carbons (Fsp3) is 0.235. The minimum Gasteiger partial charge on any atom is -0.465 e. The molecule has 2 heterocycles. The molecule has 0 N–H and O–H groups in total. The molecule has 0 unspecified atom stereocenters. The minimum absolute atomic E-state index is 0.214. The zero-order chi connectivity index (χ0) is 16.9. The molecule has 0 aliphatic heterocycles. The predicted molar refractivity (Wildman–Crippen MR) is 103 cm³/mol. The van der Waals surface area contributed by atoms with E-state index in [0.717, 1.165) is 37.3 Å².